The van der Waals surface area contributed by atoms with E-state index in [4.69, 9.17) is 17.3 Å². The van der Waals surface area contributed by atoms with Gasteiger partial charge in [-0.1, -0.05) is 11.6 Å². The summed E-state index contributed by atoms with van der Waals surface area (Å²) in [7, 11) is 0. The van der Waals surface area contributed by atoms with E-state index in [-0.39, 0.29) is 12.2 Å². The summed E-state index contributed by atoms with van der Waals surface area (Å²) in [6.45, 7) is 2.52. The lowest BCUT2D eigenvalue weighted by Crippen LogP contribution is -2.18. The van der Waals surface area contributed by atoms with Crippen LogP contribution in [0.25, 0.3) is 0 Å². The Hall–Kier alpha value is -2.07. The number of carbonyl (C=O) groups is 2. The first-order valence-corrected chi connectivity index (χ1v) is 6.67. The third-order valence-corrected chi connectivity index (χ3v) is 3.33. The van der Waals surface area contributed by atoms with Crippen molar-refractivity contribution in [2.75, 3.05) is 0 Å². The van der Waals surface area contributed by atoms with Crippen LogP contribution in [0.1, 0.15) is 28.7 Å². The molecule has 0 fully saturated rings. The van der Waals surface area contributed by atoms with Crippen molar-refractivity contribution in [2.24, 2.45) is 5.73 Å². The van der Waals surface area contributed by atoms with Crippen molar-refractivity contribution in [3.63, 3.8) is 0 Å². The Labute approximate surface area is 122 Å². The minimum absolute atomic E-state index is 0.0979. The molecule has 104 valence electrons. The molecule has 2 rings (SSSR count). The average Bonchev–Trinajstić information content (AvgIpc) is 2.80. The average molecular weight is 291 g/mol. The number of carbonyl (C=O) groups excluding carboxylic acids is 2. The quantitative estimate of drug-likeness (QED) is 0.860. The normalized spacial score (nSPS) is 10.5. The largest absolute Gasteiger partial charge is 0.369 e. The summed E-state index contributed by atoms with van der Waals surface area (Å²) in [5, 5.41) is 0.585. The maximum atomic E-state index is 12.5. The van der Waals surface area contributed by atoms with Crippen LogP contribution in [0.2, 0.25) is 5.02 Å². The fourth-order valence-corrected chi connectivity index (χ4v) is 2.29. The minimum atomic E-state index is -0.414. The van der Waals surface area contributed by atoms with Gasteiger partial charge in [-0.2, -0.15) is 0 Å². The zero-order valence-electron chi connectivity index (χ0n) is 11.1. The van der Waals surface area contributed by atoms with Gasteiger partial charge in [0.15, 0.2) is 0 Å². The lowest BCUT2D eigenvalue weighted by Gasteiger charge is -2.09. The summed E-state index contributed by atoms with van der Waals surface area (Å²) in [5.41, 5.74) is 7.07. The molecular formula is C15H15ClN2O2. The number of aromatic nitrogens is 1. The predicted octanol–water partition coefficient (Wildman–Crippen LogP) is 2.42. The first kappa shape index (κ1) is 14.3. The monoisotopic (exact) mass is 290 g/mol. The van der Waals surface area contributed by atoms with Crippen LogP contribution in [0.3, 0.4) is 0 Å². The SMILES string of the molecule is CCn1c(CC(N)=O)ccc1C(=O)c1ccc(Cl)cc1. The summed E-state index contributed by atoms with van der Waals surface area (Å²) in [6.07, 6.45) is 0.127. The van der Waals surface area contributed by atoms with E-state index in [9.17, 15) is 9.59 Å². The molecule has 2 N–H and O–H groups in total. The highest BCUT2D eigenvalue weighted by Crippen LogP contribution is 2.17. The summed E-state index contributed by atoms with van der Waals surface area (Å²) in [4.78, 5) is 23.5. The number of rotatable bonds is 5. The van der Waals surface area contributed by atoms with Crippen molar-refractivity contribution in [1.82, 2.24) is 4.57 Å². The van der Waals surface area contributed by atoms with Crippen LogP contribution in [0.4, 0.5) is 0 Å². The summed E-state index contributed by atoms with van der Waals surface area (Å²) < 4.78 is 1.81. The molecule has 0 aliphatic rings. The van der Waals surface area contributed by atoms with E-state index in [2.05, 4.69) is 0 Å². The summed E-state index contributed by atoms with van der Waals surface area (Å²) >= 11 is 5.81. The third-order valence-electron chi connectivity index (χ3n) is 3.08. The van der Waals surface area contributed by atoms with Gasteiger partial charge in [0.1, 0.15) is 0 Å². The highest BCUT2D eigenvalue weighted by Gasteiger charge is 2.16. The Bertz CT molecular complexity index is 644. The number of nitrogens with two attached hydrogens (primary N) is 1. The van der Waals surface area contributed by atoms with Gasteiger partial charge in [-0.25, -0.2) is 0 Å². The van der Waals surface area contributed by atoms with Gasteiger partial charge in [0.25, 0.3) is 0 Å². The first-order chi connectivity index (χ1) is 9.52. The molecule has 20 heavy (non-hydrogen) atoms. The molecule has 1 amide bonds. The molecule has 0 saturated carbocycles. The zero-order chi connectivity index (χ0) is 14.7. The van der Waals surface area contributed by atoms with E-state index in [1.54, 1.807) is 36.4 Å². The number of hydrogen-bond acceptors (Lipinski definition) is 2. The molecule has 2 aromatic rings. The number of hydrogen-bond donors (Lipinski definition) is 1. The van der Waals surface area contributed by atoms with E-state index >= 15 is 0 Å². The topological polar surface area (TPSA) is 65.1 Å². The van der Waals surface area contributed by atoms with Gasteiger partial charge < -0.3 is 10.3 Å². The Kier molecular flexibility index (Phi) is 4.25. The van der Waals surface area contributed by atoms with Crippen LogP contribution < -0.4 is 5.73 Å². The van der Waals surface area contributed by atoms with Crippen LogP contribution in [0.15, 0.2) is 36.4 Å². The van der Waals surface area contributed by atoms with E-state index in [0.717, 1.165) is 5.69 Å². The number of ketones is 1. The Morgan fingerprint density at radius 2 is 1.80 bits per heavy atom. The minimum Gasteiger partial charge on any atom is -0.369 e. The van der Waals surface area contributed by atoms with Crippen molar-refractivity contribution in [1.29, 1.82) is 0 Å². The smallest absolute Gasteiger partial charge is 0.223 e. The fraction of sp³-hybridized carbons (Fsp3) is 0.200. The van der Waals surface area contributed by atoms with Crippen molar-refractivity contribution < 1.29 is 9.59 Å². The van der Waals surface area contributed by atoms with Crippen LogP contribution in [-0.4, -0.2) is 16.3 Å². The highest BCUT2D eigenvalue weighted by atomic mass is 35.5. The molecule has 4 nitrogen and oxygen atoms in total. The van der Waals surface area contributed by atoms with Gasteiger partial charge in [-0.3, -0.25) is 9.59 Å². The molecular weight excluding hydrogens is 276 g/mol. The second kappa shape index (κ2) is 5.92. The van der Waals surface area contributed by atoms with E-state index in [1.807, 2.05) is 11.5 Å². The third kappa shape index (κ3) is 2.91. The van der Waals surface area contributed by atoms with Gasteiger partial charge in [0.2, 0.25) is 11.7 Å². The molecule has 1 aromatic heterocycles. The van der Waals surface area contributed by atoms with Gasteiger partial charge in [0.05, 0.1) is 12.1 Å². The molecule has 0 atom stereocenters. The molecule has 0 spiro atoms. The van der Waals surface area contributed by atoms with Crippen molar-refractivity contribution >= 4 is 23.3 Å². The Morgan fingerprint density at radius 3 is 2.35 bits per heavy atom. The molecule has 1 aromatic carbocycles. The standard InChI is InChI=1S/C15H15ClN2O2/c1-2-18-12(9-14(17)19)7-8-13(18)15(20)10-3-5-11(16)6-4-10/h3-8H,2,9H2,1H3,(H2,17,19). The van der Waals surface area contributed by atoms with E-state index in [0.29, 0.717) is 22.8 Å². The lowest BCUT2D eigenvalue weighted by molar-refractivity contribution is -0.117. The maximum Gasteiger partial charge on any atom is 0.223 e. The lowest BCUT2D eigenvalue weighted by atomic mass is 10.1. The van der Waals surface area contributed by atoms with Crippen molar-refractivity contribution in [2.45, 2.75) is 19.9 Å². The van der Waals surface area contributed by atoms with Gasteiger partial charge in [-0.15, -0.1) is 0 Å². The van der Waals surface area contributed by atoms with E-state index < -0.39 is 5.91 Å². The Balaban J connectivity index is 2.37. The van der Waals surface area contributed by atoms with Crippen molar-refractivity contribution in [3.8, 4) is 0 Å². The molecule has 0 aliphatic heterocycles. The highest BCUT2D eigenvalue weighted by molar-refractivity contribution is 6.30. The van der Waals surface area contributed by atoms with Crippen LogP contribution in [0.5, 0.6) is 0 Å². The first-order valence-electron chi connectivity index (χ1n) is 6.30. The fourth-order valence-electron chi connectivity index (χ4n) is 2.16. The number of primary amides is 1. The summed E-state index contributed by atoms with van der Waals surface area (Å²) in [6, 6.07) is 10.2. The van der Waals surface area contributed by atoms with Crippen LogP contribution in [0, 0.1) is 0 Å². The zero-order valence-corrected chi connectivity index (χ0v) is 11.9. The maximum absolute atomic E-state index is 12.5. The molecule has 0 unspecified atom stereocenters. The molecule has 5 heteroatoms. The number of amides is 1. The van der Waals surface area contributed by atoms with Gasteiger partial charge in [0, 0.05) is 22.8 Å². The van der Waals surface area contributed by atoms with Gasteiger partial charge in [-0.05, 0) is 43.3 Å². The van der Waals surface area contributed by atoms with Gasteiger partial charge >= 0.3 is 0 Å². The second-order valence-electron chi connectivity index (χ2n) is 4.43. The number of halogens is 1. The van der Waals surface area contributed by atoms with Crippen molar-refractivity contribution in [3.05, 3.63) is 58.4 Å². The summed E-state index contributed by atoms with van der Waals surface area (Å²) in [5.74, 6) is -0.512. The Morgan fingerprint density at radius 1 is 1.15 bits per heavy atom. The molecule has 0 saturated heterocycles. The van der Waals surface area contributed by atoms with Crippen LogP contribution >= 0.6 is 11.6 Å². The molecule has 0 radical (unpaired) electrons. The second-order valence-corrected chi connectivity index (χ2v) is 4.87. The van der Waals surface area contributed by atoms with E-state index in [1.165, 1.54) is 0 Å². The predicted molar refractivity (Wildman–Crippen MR) is 77.9 cm³/mol. The number of nitrogens with zero attached hydrogens (tertiary/aromatic N) is 1. The van der Waals surface area contributed by atoms with Crippen LogP contribution in [-0.2, 0) is 17.8 Å². The molecule has 0 bridgehead atoms. The number of benzene rings is 1. The molecule has 1 heterocycles. The molecule has 0 aliphatic carbocycles.